The van der Waals surface area contributed by atoms with Crippen LogP contribution in [0.25, 0.3) is 5.57 Å². The Hall–Kier alpha value is -2.56. The van der Waals surface area contributed by atoms with E-state index in [1.165, 1.54) is 18.3 Å². The van der Waals surface area contributed by atoms with Gasteiger partial charge in [-0.2, -0.15) is 0 Å². The highest BCUT2D eigenvalue weighted by atomic mass is 19.1. The lowest BCUT2D eigenvalue weighted by molar-refractivity contribution is 0.441. The highest BCUT2D eigenvalue weighted by Gasteiger charge is 2.12. The zero-order chi connectivity index (χ0) is 14.0. The van der Waals surface area contributed by atoms with Crippen molar-refractivity contribution in [1.29, 1.82) is 0 Å². The topological polar surface area (TPSA) is 74.2 Å². The Morgan fingerprint density at radius 2 is 2.00 bits per heavy atom. The maximum absolute atomic E-state index is 13.7. The van der Waals surface area contributed by atoms with Crippen LogP contribution in [0.15, 0.2) is 37.0 Å². The number of allylic oxidation sites excluding steroid dienone is 1. The van der Waals surface area contributed by atoms with Crippen LogP contribution in [-0.2, 0) is 0 Å². The fraction of sp³-hybridized carbons (Fsp3) is 0.0714. The number of anilines is 2. The number of nitrogens with two attached hydrogens (primary N) is 2. The van der Waals surface area contributed by atoms with Gasteiger partial charge in [0.05, 0.1) is 5.56 Å². The first kappa shape index (κ1) is 12.9. The quantitative estimate of drug-likeness (QED) is 0.830. The molecule has 0 fully saturated rings. The zero-order valence-corrected chi connectivity index (χ0v) is 10.5. The van der Waals surface area contributed by atoms with Crippen molar-refractivity contribution < 1.29 is 9.13 Å². The molecule has 1 heterocycles. The van der Waals surface area contributed by atoms with Crippen molar-refractivity contribution in [3.63, 3.8) is 0 Å². The molecule has 0 bridgehead atoms. The first-order valence-corrected chi connectivity index (χ1v) is 5.62. The molecule has 0 aliphatic heterocycles. The molecule has 2 rings (SSSR count). The smallest absolute Gasteiger partial charge is 0.167 e. The summed E-state index contributed by atoms with van der Waals surface area (Å²) in [6.07, 6.45) is 1.49. The molecule has 0 unspecified atom stereocenters. The van der Waals surface area contributed by atoms with Gasteiger partial charge in [-0.25, -0.2) is 9.37 Å². The predicted octanol–water partition coefficient (Wildman–Crippen LogP) is 3.21. The number of aromatic nitrogens is 1. The Morgan fingerprint density at radius 1 is 1.26 bits per heavy atom. The van der Waals surface area contributed by atoms with Gasteiger partial charge in [-0.05, 0) is 30.7 Å². The number of halogens is 1. The number of nitrogen functional groups attached to an aromatic ring is 2. The van der Waals surface area contributed by atoms with Crippen molar-refractivity contribution in [3.8, 4) is 11.5 Å². The van der Waals surface area contributed by atoms with Crippen LogP contribution in [0.4, 0.5) is 15.9 Å². The van der Waals surface area contributed by atoms with Crippen molar-refractivity contribution in [2.75, 3.05) is 11.5 Å². The van der Waals surface area contributed by atoms with Crippen molar-refractivity contribution >= 4 is 17.1 Å². The van der Waals surface area contributed by atoms with Gasteiger partial charge in [0.1, 0.15) is 11.6 Å². The molecule has 19 heavy (non-hydrogen) atoms. The molecule has 1 aromatic heterocycles. The third kappa shape index (κ3) is 2.65. The SMILES string of the molecule is C=C(C)c1c(Oc2ccc(N)cc2F)ccnc1N. The molecule has 0 spiro atoms. The monoisotopic (exact) mass is 259 g/mol. The van der Waals surface area contributed by atoms with Gasteiger partial charge in [-0.1, -0.05) is 6.58 Å². The van der Waals surface area contributed by atoms with E-state index in [-0.39, 0.29) is 5.75 Å². The molecule has 1 aromatic carbocycles. The number of pyridine rings is 1. The van der Waals surface area contributed by atoms with Crippen molar-refractivity contribution in [2.45, 2.75) is 6.92 Å². The normalized spacial score (nSPS) is 10.2. The maximum atomic E-state index is 13.7. The number of benzene rings is 1. The third-order valence-electron chi connectivity index (χ3n) is 2.54. The van der Waals surface area contributed by atoms with Crippen LogP contribution in [0.3, 0.4) is 0 Å². The van der Waals surface area contributed by atoms with E-state index >= 15 is 0 Å². The van der Waals surface area contributed by atoms with Crippen LogP contribution in [0.1, 0.15) is 12.5 Å². The van der Waals surface area contributed by atoms with Gasteiger partial charge in [0, 0.05) is 18.0 Å². The lowest BCUT2D eigenvalue weighted by Gasteiger charge is -2.13. The minimum Gasteiger partial charge on any atom is -0.453 e. The summed E-state index contributed by atoms with van der Waals surface area (Å²) < 4.78 is 19.2. The van der Waals surface area contributed by atoms with Crippen molar-refractivity contribution in [2.24, 2.45) is 0 Å². The van der Waals surface area contributed by atoms with Crippen LogP contribution >= 0.6 is 0 Å². The van der Waals surface area contributed by atoms with Gasteiger partial charge >= 0.3 is 0 Å². The molecule has 0 radical (unpaired) electrons. The molecule has 0 aliphatic rings. The summed E-state index contributed by atoms with van der Waals surface area (Å²) in [5.74, 6) is 0.231. The van der Waals surface area contributed by atoms with E-state index in [1.54, 1.807) is 19.1 Å². The molecule has 0 amide bonds. The van der Waals surface area contributed by atoms with Gasteiger partial charge in [0.15, 0.2) is 11.6 Å². The molecule has 98 valence electrons. The third-order valence-corrected chi connectivity index (χ3v) is 2.54. The maximum Gasteiger partial charge on any atom is 0.167 e. The largest absolute Gasteiger partial charge is 0.453 e. The standard InChI is InChI=1S/C14H14FN3O/c1-8(2)13-12(5-6-18-14(13)17)19-11-4-3-9(16)7-10(11)15/h3-7H,1,16H2,2H3,(H2,17,18). The summed E-state index contributed by atoms with van der Waals surface area (Å²) in [6.45, 7) is 5.59. The molecular weight excluding hydrogens is 245 g/mol. The lowest BCUT2D eigenvalue weighted by atomic mass is 10.1. The minimum atomic E-state index is -0.539. The van der Waals surface area contributed by atoms with E-state index in [4.69, 9.17) is 16.2 Å². The van der Waals surface area contributed by atoms with Crippen LogP contribution in [0, 0.1) is 5.82 Å². The van der Waals surface area contributed by atoms with Gasteiger partial charge in [0.25, 0.3) is 0 Å². The molecule has 4 nitrogen and oxygen atoms in total. The second kappa shape index (κ2) is 4.97. The molecular formula is C14H14FN3O. The molecule has 5 heteroatoms. The van der Waals surface area contributed by atoms with E-state index in [0.29, 0.717) is 28.4 Å². The summed E-state index contributed by atoms with van der Waals surface area (Å²) >= 11 is 0. The fourth-order valence-corrected chi connectivity index (χ4v) is 1.69. The molecule has 0 saturated heterocycles. The van der Waals surface area contributed by atoms with E-state index in [2.05, 4.69) is 11.6 Å². The molecule has 4 N–H and O–H groups in total. The predicted molar refractivity (Wildman–Crippen MR) is 74.2 cm³/mol. The van der Waals surface area contributed by atoms with Crippen LogP contribution in [0.2, 0.25) is 0 Å². The van der Waals surface area contributed by atoms with Crippen LogP contribution < -0.4 is 16.2 Å². The molecule has 2 aromatic rings. The zero-order valence-electron chi connectivity index (χ0n) is 10.5. The van der Waals surface area contributed by atoms with Crippen molar-refractivity contribution in [3.05, 3.63) is 48.4 Å². The molecule has 0 aliphatic carbocycles. The van der Waals surface area contributed by atoms with Gasteiger partial charge < -0.3 is 16.2 Å². The highest BCUT2D eigenvalue weighted by Crippen LogP contribution is 2.33. The van der Waals surface area contributed by atoms with Crippen molar-refractivity contribution in [1.82, 2.24) is 4.98 Å². The van der Waals surface area contributed by atoms with Gasteiger partial charge in [-0.3, -0.25) is 0 Å². The Morgan fingerprint density at radius 3 is 2.63 bits per heavy atom. The molecule has 0 atom stereocenters. The average molecular weight is 259 g/mol. The first-order chi connectivity index (χ1) is 8.99. The average Bonchev–Trinajstić information content (AvgIpc) is 2.32. The second-order valence-electron chi connectivity index (χ2n) is 4.14. The van der Waals surface area contributed by atoms with E-state index in [0.717, 1.165) is 0 Å². The summed E-state index contributed by atoms with van der Waals surface area (Å²) in [7, 11) is 0. The van der Waals surface area contributed by atoms with Crippen LogP contribution in [-0.4, -0.2) is 4.98 Å². The first-order valence-electron chi connectivity index (χ1n) is 5.62. The molecule has 0 saturated carbocycles. The number of nitrogens with zero attached hydrogens (tertiary/aromatic N) is 1. The number of rotatable bonds is 3. The van der Waals surface area contributed by atoms with Gasteiger partial charge in [0.2, 0.25) is 0 Å². The summed E-state index contributed by atoms with van der Waals surface area (Å²) in [4.78, 5) is 3.96. The number of hydrogen-bond donors (Lipinski definition) is 2. The second-order valence-corrected chi connectivity index (χ2v) is 4.14. The van der Waals surface area contributed by atoms with E-state index in [9.17, 15) is 4.39 Å². The van der Waals surface area contributed by atoms with Gasteiger partial charge in [-0.15, -0.1) is 0 Å². The number of ether oxygens (including phenoxy) is 1. The summed E-state index contributed by atoms with van der Waals surface area (Å²) in [5.41, 5.74) is 12.8. The minimum absolute atomic E-state index is 0.0716. The summed E-state index contributed by atoms with van der Waals surface area (Å²) in [5, 5.41) is 0. The Kier molecular flexibility index (Phi) is 3.37. The Balaban J connectivity index is 2.44. The fourth-order valence-electron chi connectivity index (χ4n) is 1.69. The lowest BCUT2D eigenvalue weighted by Crippen LogP contribution is -1.99. The van der Waals surface area contributed by atoms with E-state index in [1.807, 2.05) is 0 Å². The highest BCUT2D eigenvalue weighted by molar-refractivity contribution is 5.75. The summed E-state index contributed by atoms with van der Waals surface area (Å²) in [6, 6.07) is 5.82. The number of hydrogen-bond acceptors (Lipinski definition) is 4. The Labute approximate surface area is 110 Å². The Bertz CT molecular complexity index is 641. The van der Waals surface area contributed by atoms with E-state index < -0.39 is 5.82 Å². The van der Waals surface area contributed by atoms with Crippen LogP contribution in [0.5, 0.6) is 11.5 Å².